The van der Waals surface area contributed by atoms with Crippen LogP contribution >= 0.6 is 11.3 Å². The maximum absolute atomic E-state index is 12.3. The van der Waals surface area contributed by atoms with Crippen LogP contribution in [-0.4, -0.2) is 20.4 Å². The Labute approximate surface area is 133 Å². The molecule has 8 heteroatoms. The zero-order valence-corrected chi connectivity index (χ0v) is 13.9. The molecule has 0 aliphatic rings. The standard InChI is InChI=1S/C14H18N2O4S2/c1-10(2)13(14(17)15-9-11-5-3-7-20-11)16-22(18,19)12-6-4-8-21-12/h3-8,10,13,16H,9H2,1-2H3,(H,15,17). The summed E-state index contributed by atoms with van der Waals surface area (Å²) in [5.41, 5.74) is 0. The SMILES string of the molecule is CC(C)C(NS(=O)(=O)c1cccs1)C(=O)NCc1ccco1. The third-order valence-electron chi connectivity index (χ3n) is 3.01. The van der Waals surface area contributed by atoms with Crippen molar-refractivity contribution in [3.8, 4) is 0 Å². The van der Waals surface area contributed by atoms with E-state index in [9.17, 15) is 13.2 Å². The molecule has 0 radical (unpaired) electrons. The molecule has 6 nitrogen and oxygen atoms in total. The Morgan fingerprint density at radius 1 is 1.32 bits per heavy atom. The number of nitrogens with one attached hydrogen (secondary N) is 2. The molecule has 0 spiro atoms. The first-order valence-corrected chi connectivity index (χ1v) is 9.12. The van der Waals surface area contributed by atoms with E-state index in [1.165, 1.54) is 12.3 Å². The second kappa shape index (κ2) is 7.08. The highest BCUT2D eigenvalue weighted by molar-refractivity contribution is 7.91. The predicted molar refractivity (Wildman–Crippen MR) is 83.8 cm³/mol. The fourth-order valence-electron chi connectivity index (χ4n) is 1.83. The molecule has 0 fully saturated rings. The molecule has 120 valence electrons. The number of hydrogen-bond acceptors (Lipinski definition) is 5. The Morgan fingerprint density at radius 3 is 2.64 bits per heavy atom. The van der Waals surface area contributed by atoms with Crippen LogP contribution in [0.15, 0.2) is 44.5 Å². The molecule has 0 saturated heterocycles. The minimum absolute atomic E-state index is 0.189. The van der Waals surface area contributed by atoms with Gasteiger partial charge in [-0.15, -0.1) is 11.3 Å². The maximum atomic E-state index is 12.3. The van der Waals surface area contributed by atoms with Crippen LogP contribution in [0.3, 0.4) is 0 Å². The Morgan fingerprint density at radius 2 is 2.09 bits per heavy atom. The van der Waals surface area contributed by atoms with E-state index in [4.69, 9.17) is 4.42 Å². The highest BCUT2D eigenvalue weighted by Gasteiger charge is 2.28. The van der Waals surface area contributed by atoms with Gasteiger partial charge in [0.2, 0.25) is 5.91 Å². The fraction of sp³-hybridized carbons (Fsp3) is 0.357. The summed E-state index contributed by atoms with van der Waals surface area (Å²) in [6.07, 6.45) is 1.51. The van der Waals surface area contributed by atoms with Crippen molar-refractivity contribution in [2.75, 3.05) is 0 Å². The number of amides is 1. The normalized spacial score (nSPS) is 13.2. The van der Waals surface area contributed by atoms with E-state index >= 15 is 0 Å². The van der Waals surface area contributed by atoms with E-state index in [0.29, 0.717) is 5.76 Å². The quantitative estimate of drug-likeness (QED) is 0.805. The molecule has 22 heavy (non-hydrogen) atoms. The molecular formula is C14H18N2O4S2. The van der Waals surface area contributed by atoms with Gasteiger partial charge in [0.25, 0.3) is 10.0 Å². The van der Waals surface area contributed by atoms with Crippen LogP contribution in [0.25, 0.3) is 0 Å². The second-order valence-electron chi connectivity index (χ2n) is 5.07. The van der Waals surface area contributed by atoms with Gasteiger partial charge in [-0.3, -0.25) is 4.79 Å². The molecule has 0 aliphatic heterocycles. The van der Waals surface area contributed by atoms with Gasteiger partial charge >= 0.3 is 0 Å². The summed E-state index contributed by atoms with van der Waals surface area (Å²) in [4.78, 5) is 12.3. The van der Waals surface area contributed by atoms with Crippen LogP contribution in [-0.2, 0) is 21.4 Å². The van der Waals surface area contributed by atoms with Crippen LogP contribution < -0.4 is 10.0 Å². The summed E-state index contributed by atoms with van der Waals surface area (Å²) >= 11 is 1.11. The number of hydrogen-bond donors (Lipinski definition) is 2. The molecule has 0 aliphatic carbocycles. The van der Waals surface area contributed by atoms with Crippen molar-refractivity contribution in [2.24, 2.45) is 5.92 Å². The Balaban J connectivity index is 2.04. The molecule has 2 heterocycles. The third kappa shape index (κ3) is 4.19. The number of sulfonamides is 1. The minimum atomic E-state index is -3.69. The summed E-state index contributed by atoms with van der Waals surface area (Å²) in [6.45, 7) is 3.79. The average Bonchev–Trinajstić information content (AvgIpc) is 3.14. The lowest BCUT2D eigenvalue weighted by molar-refractivity contribution is -0.123. The zero-order chi connectivity index (χ0) is 16.2. The molecule has 2 rings (SSSR count). The van der Waals surface area contributed by atoms with E-state index < -0.39 is 16.1 Å². The van der Waals surface area contributed by atoms with Crippen molar-refractivity contribution in [1.29, 1.82) is 0 Å². The highest BCUT2D eigenvalue weighted by Crippen LogP contribution is 2.17. The number of furan rings is 1. The van der Waals surface area contributed by atoms with Crippen molar-refractivity contribution in [1.82, 2.24) is 10.0 Å². The number of thiophene rings is 1. The Kier molecular flexibility index (Phi) is 5.38. The van der Waals surface area contributed by atoms with E-state index in [0.717, 1.165) is 11.3 Å². The Hall–Kier alpha value is -1.64. The molecule has 1 unspecified atom stereocenters. The van der Waals surface area contributed by atoms with Crippen molar-refractivity contribution in [3.63, 3.8) is 0 Å². The van der Waals surface area contributed by atoms with Crippen LogP contribution in [0.2, 0.25) is 0 Å². The first-order valence-electron chi connectivity index (χ1n) is 6.76. The molecule has 2 aromatic heterocycles. The minimum Gasteiger partial charge on any atom is -0.467 e. The van der Waals surface area contributed by atoms with E-state index in [1.54, 1.807) is 37.4 Å². The summed E-state index contributed by atoms with van der Waals surface area (Å²) in [6, 6.07) is 5.77. The smallest absolute Gasteiger partial charge is 0.250 e. The van der Waals surface area contributed by atoms with Crippen LogP contribution in [0.5, 0.6) is 0 Å². The summed E-state index contributed by atoms with van der Waals surface area (Å²) in [5, 5.41) is 4.35. The lowest BCUT2D eigenvalue weighted by Gasteiger charge is -2.21. The van der Waals surface area contributed by atoms with Crippen LogP contribution in [0.1, 0.15) is 19.6 Å². The van der Waals surface area contributed by atoms with Gasteiger partial charge in [0, 0.05) is 0 Å². The van der Waals surface area contributed by atoms with Crippen molar-refractivity contribution in [2.45, 2.75) is 30.6 Å². The van der Waals surface area contributed by atoms with E-state index in [1.807, 2.05) is 0 Å². The summed E-state index contributed by atoms with van der Waals surface area (Å²) < 4.78 is 32.3. The summed E-state index contributed by atoms with van der Waals surface area (Å²) in [7, 11) is -3.69. The van der Waals surface area contributed by atoms with Gasteiger partial charge in [-0.1, -0.05) is 19.9 Å². The van der Waals surface area contributed by atoms with Crippen molar-refractivity contribution < 1.29 is 17.6 Å². The van der Waals surface area contributed by atoms with Gasteiger partial charge in [-0.2, -0.15) is 4.72 Å². The molecular weight excluding hydrogens is 324 g/mol. The molecule has 2 N–H and O–H groups in total. The van der Waals surface area contributed by atoms with Gasteiger partial charge in [0.05, 0.1) is 12.8 Å². The largest absolute Gasteiger partial charge is 0.467 e. The zero-order valence-electron chi connectivity index (χ0n) is 12.3. The molecule has 0 aromatic carbocycles. The summed E-state index contributed by atoms with van der Waals surface area (Å²) in [5.74, 6) is 0.0369. The second-order valence-corrected chi connectivity index (χ2v) is 7.96. The third-order valence-corrected chi connectivity index (χ3v) is 5.85. The van der Waals surface area contributed by atoms with Crippen molar-refractivity contribution in [3.05, 3.63) is 41.7 Å². The van der Waals surface area contributed by atoms with Gasteiger partial charge in [0.1, 0.15) is 16.0 Å². The fourth-order valence-corrected chi connectivity index (χ4v) is 4.18. The number of carbonyl (C=O) groups excluding carboxylic acids is 1. The molecule has 0 bridgehead atoms. The van der Waals surface area contributed by atoms with Gasteiger partial charge < -0.3 is 9.73 Å². The lowest BCUT2D eigenvalue weighted by Crippen LogP contribution is -2.49. The number of rotatable bonds is 7. The lowest BCUT2D eigenvalue weighted by atomic mass is 10.1. The van der Waals surface area contributed by atoms with Crippen LogP contribution in [0, 0.1) is 5.92 Å². The predicted octanol–water partition coefficient (Wildman–Crippen LogP) is 1.96. The van der Waals surface area contributed by atoms with Crippen LogP contribution in [0.4, 0.5) is 0 Å². The molecule has 0 saturated carbocycles. The average molecular weight is 342 g/mol. The first kappa shape index (κ1) is 16.7. The van der Waals surface area contributed by atoms with Crippen molar-refractivity contribution >= 4 is 27.3 Å². The van der Waals surface area contributed by atoms with E-state index in [2.05, 4.69) is 10.0 Å². The van der Waals surface area contributed by atoms with E-state index in [-0.39, 0.29) is 22.6 Å². The Bertz CT molecular complexity index is 691. The maximum Gasteiger partial charge on any atom is 0.250 e. The molecule has 1 amide bonds. The monoisotopic (exact) mass is 342 g/mol. The molecule has 2 aromatic rings. The number of carbonyl (C=O) groups is 1. The van der Waals surface area contributed by atoms with Gasteiger partial charge in [-0.05, 0) is 29.5 Å². The van der Waals surface area contributed by atoms with Gasteiger partial charge in [0.15, 0.2) is 0 Å². The van der Waals surface area contributed by atoms with Gasteiger partial charge in [-0.25, -0.2) is 8.42 Å². The highest BCUT2D eigenvalue weighted by atomic mass is 32.2. The first-order chi connectivity index (χ1) is 10.4. The molecule has 1 atom stereocenters. The topological polar surface area (TPSA) is 88.4 Å².